The molecule has 0 aliphatic carbocycles. The van der Waals surface area contributed by atoms with Crippen molar-refractivity contribution in [2.45, 2.75) is 25.2 Å². The summed E-state index contributed by atoms with van der Waals surface area (Å²) in [4.78, 5) is 42.4. The average Bonchev–Trinajstić information content (AvgIpc) is 2.86. The fourth-order valence-corrected chi connectivity index (χ4v) is 3.63. The molecule has 0 spiro atoms. The maximum absolute atomic E-state index is 13.8. The Balaban J connectivity index is 1.78. The molecule has 7 nitrogen and oxygen atoms in total. The maximum Gasteiger partial charge on any atom is 0.409 e. The molecule has 31 heavy (non-hydrogen) atoms. The molecule has 160 valence electrons. The van der Waals surface area contributed by atoms with Gasteiger partial charge >= 0.3 is 6.18 Å². The van der Waals surface area contributed by atoms with Crippen LogP contribution in [0.5, 0.6) is 0 Å². The van der Waals surface area contributed by atoms with Crippen molar-refractivity contribution < 1.29 is 22.8 Å². The van der Waals surface area contributed by atoms with Crippen molar-refractivity contribution in [3.8, 4) is 0 Å². The van der Waals surface area contributed by atoms with Gasteiger partial charge in [0.05, 0.1) is 35.0 Å². The van der Waals surface area contributed by atoms with E-state index in [1.165, 1.54) is 42.5 Å². The number of rotatable bonds is 2. The predicted molar refractivity (Wildman–Crippen MR) is 108 cm³/mol. The molecule has 1 atom stereocenters. The number of nitrogens with zero attached hydrogens (tertiary/aromatic N) is 3. The Morgan fingerprint density at radius 1 is 1.19 bits per heavy atom. The van der Waals surface area contributed by atoms with Gasteiger partial charge in [-0.05, 0) is 30.3 Å². The number of hydrogen-bond donors (Lipinski definition) is 1. The lowest BCUT2D eigenvalue weighted by molar-refractivity contribution is -0.158. The fraction of sp³-hybridized carbons (Fsp3) is 0.200. The number of fused-ring (bicyclic) bond motifs is 2. The Hall–Kier alpha value is -3.40. The lowest BCUT2D eigenvalue weighted by Crippen LogP contribution is -2.51. The van der Waals surface area contributed by atoms with Gasteiger partial charge in [0.2, 0.25) is 11.8 Å². The van der Waals surface area contributed by atoms with Gasteiger partial charge in [-0.25, -0.2) is 4.98 Å². The van der Waals surface area contributed by atoms with Crippen molar-refractivity contribution in [2.24, 2.45) is 0 Å². The quantitative estimate of drug-likeness (QED) is 0.649. The summed E-state index contributed by atoms with van der Waals surface area (Å²) in [5.74, 6) is -1.89. The molecule has 1 aliphatic rings. The SMILES string of the molecule is O=C1CC(C(F)(F)F)N(C(=O)Cn2cnc3ccc(Cl)cc3c2=O)c2ccccc2N1. The van der Waals surface area contributed by atoms with E-state index in [9.17, 15) is 27.6 Å². The molecular formula is C20H14ClF3N4O3. The standard InChI is InChI=1S/C20H14ClF3N4O3/c21-11-5-6-13-12(7-11)19(31)27(10-25-13)9-18(30)28-15-4-2-1-3-14(15)26-17(29)8-16(28)20(22,23)24/h1-7,10,16H,8-9H2,(H,26,29). The molecule has 11 heteroatoms. The van der Waals surface area contributed by atoms with E-state index in [-0.39, 0.29) is 21.8 Å². The third kappa shape index (κ3) is 3.98. The van der Waals surface area contributed by atoms with Crippen LogP contribution in [0.25, 0.3) is 10.9 Å². The Kier molecular flexibility index (Phi) is 5.18. The number of nitrogens with one attached hydrogen (secondary N) is 1. The Bertz CT molecular complexity index is 1260. The molecule has 0 bridgehead atoms. The summed E-state index contributed by atoms with van der Waals surface area (Å²) in [7, 11) is 0. The summed E-state index contributed by atoms with van der Waals surface area (Å²) in [5, 5.41) is 2.79. The van der Waals surface area contributed by atoms with Crippen LogP contribution < -0.4 is 15.8 Å². The summed E-state index contributed by atoms with van der Waals surface area (Å²) in [6.07, 6.45) is -4.75. The minimum atomic E-state index is -4.87. The van der Waals surface area contributed by atoms with Gasteiger partial charge in [0.1, 0.15) is 12.6 Å². The molecule has 0 saturated carbocycles. The minimum absolute atomic E-state index is 0.0726. The minimum Gasteiger partial charge on any atom is -0.324 e. The van der Waals surface area contributed by atoms with E-state index in [1.54, 1.807) is 0 Å². The van der Waals surface area contributed by atoms with Crippen LogP contribution in [-0.4, -0.2) is 33.6 Å². The second-order valence-corrected chi connectivity index (χ2v) is 7.37. The van der Waals surface area contributed by atoms with E-state index < -0.39 is 42.6 Å². The first-order valence-electron chi connectivity index (χ1n) is 9.07. The van der Waals surface area contributed by atoms with Gasteiger partial charge in [-0.3, -0.25) is 23.9 Å². The third-order valence-electron chi connectivity index (χ3n) is 4.87. The van der Waals surface area contributed by atoms with Crippen molar-refractivity contribution in [3.05, 3.63) is 64.2 Å². The zero-order valence-electron chi connectivity index (χ0n) is 15.7. The fourth-order valence-electron chi connectivity index (χ4n) is 3.46. The Morgan fingerprint density at radius 2 is 1.94 bits per heavy atom. The molecule has 1 aliphatic heterocycles. The van der Waals surface area contributed by atoms with Crippen molar-refractivity contribution in [2.75, 3.05) is 10.2 Å². The van der Waals surface area contributed by atoms with Crippen LogP contribution in [0.3, 0.4) is 0 Å². The summed E-state index contributed by atoms with van der Waals surface area (Å²) in [6, 6.07) is 7.73. The number of amides is 2. The zero-order valence-corrected chi connectivity index (χ0v) is 16.4. The van der Waals surface area contributed by atoms with Crippen LogP contribution in [0, 0.1) is 0 Å². The van der Waals surface area contributed by atoms with Crippen LogP contribution in [-0.2, 0) is 16.1 Å². The number of halogens is 4. The molecule has 0 saturated heterocycles. The van der Waals surface area contributed by atoms with E-state index in [2.05, 4.69) is 10.3 Å². The number of carbonyl (C=O) groups excluding carboxylic acids is 2. The monoisotopic (exact) mass is 450 g/mol. The summed E-state index contributed by atoms with van der Waals surface area (Å²) in [5.41, 5.74) is -0.322. The van der Waals surface area contributed by atoms with Crippen LogP contribution in [0.1, 0.15) is 6.42 Å². The number of para-hydroxylation sites is 2. The second-order valence-electron chi connectivity index (χ2n) is 6.93. The largest absolute Gasteiger partial charge is 0.409 e. The Morgan fingerprint density at radius 3 is 2.68 bits per heavy atom. The predicted octanol–water partition coefficient (Wildman–Crippen LogP) is 3.36. The van der Waals surface area contributed by atoms with E-state index in [0.29, 0.717) is 10.4 Å². The van der Waals surface area contributed by atoms with Gasteiger partial charge in [-0.1, -0.05) is 23.7 Å². The molecule has 2 heterocycles. The van der Waals surface area contributed by atoms with Gasteiger partial charge < -0.3 is 5.32 Å². The molecule has 0 radical (unpaired) electrons. The van der Waals surface area contributed by atoms with Crippen LogP contribution >= 0.6 is 11.6 Å². The molecule has 1 unspecified atom stereocenters. The van der Waals surface area contributed by atoms with Gasteiger partial charge in [0.25, 0.3) is 5.56 Å². The first-order chi connectivity index (χ1) is 14.6. The highest BCUT2D eigenvalue weighted by atomic mass is 35.5. The van der Waals surface area contributed by atoms with E-state index in [1.807, 2.05) is 0 Å². The van der Waals surface area contributed by atoms with Crippen molar-refractivity contribution >= 4 is 45.7 Å². The van der Waals surface area contributed by atoms with Gasteiger partial charge in [0.15, 0.2) is 0 Å². The molecule has 3 aromatic rings. The molecular weight excluding hydrogens is 437 g/mol. The Labute approximate surface area is 178 Å². The lowest BCUT2D eigenvalue weighted by Gasteiger charge is -2.31. The highest BCUT2D eigenvalue weighted by Crippen LogP contribution is 2.37. The van der Waals surface area contributed by atoms with Crippen LogP contribution in [0.2, 0.25) is 5.02 Å². The lowest BCUT2D eigenvalue weighted by atomic mass is 10.1. The summed E-state index contributed by atoms with van der Waals surface area (Å²) in [6.45, 7) is -0.705. The van der Waals surface area contributed by atoms with Crippen LogP contribution in [0.15, 0.2) is 53.6 Å². The first-order valence-corrected chi connectivity index (χ1v) is 9.45. The number of hydrogen-bond acceptors (Lipinski definition) is 4. The molecule has 2 amide bonds. The van der Waals surface area contributed by atoms with Crippen molar-refractivity contribution in [3.63, 3.8) is 0 Å². The topological polar surface area (TPSA) is 84.3 Å². The number of alkyl halides is 3. The normalized spacial score (nSPS) is 16.6. The number of carbonyl (C=O) groups is 2. The highest BCUT2D eigenvalue weighted by molar-refractivity contribution is 6.31. The maximum atomic E-state index is 13.8. The van der Waals surface area contributed by atoms with E-state index in [4.69, 9.17) is 11.6 Å². The second kappa shape index (κ2) is 7.69. The highest BCUT2D eigenvalue weighted by Gasteiger charge is 2.49. The first kappa shape index (κ1) is 20.9. The van der Waals surface area contributed by atoms with Crippen LogP contribution in [0.4, 0.5) is 24.5 Å². The molecule has 2 aromatic carbocycles. The molecule has 1 aromatic heterocycles. The number of anilines is 2. The third-order valence-corrected chi connectivity index (χ3v) is 5.10. The number of benzene rings is 2. The smallest absolute Gasteiger partial charge is 0.324 e. The van der Waals surface area contributed by atoms with E-state index in [0.717, 1.165) is 10.9 Å². The van der Waals surface area contributed by atoms with E-state index >= 15 is 0 Å². The van der Waals surface area contributed by atoms with Gasteiger partial charge in [-0.15, -0.1) is 0 Å². The molecule has 4 rings (SSSR count). The zero-order chi connectivity index (χ0) is 22.3. The summed E-state index contributed by atoms with van der Waals surface area (Å²) >= 11 is 5.91. The summed E-state index contributed by atoms with van der Waals surface area (Å²) < 4.78 is 42.3. The number of aromatic nitrogens is 2. The van der Waals surface area contributed by atoms with Crippen molar-refractivity contribution in [1.82, 2.24) is 9.55 Å². The van der Waals surface area contributed by atoms with Gasteiger partial charge in [0, 0.05) is 5.02 Å². The average molecular weight is 451 g/mol. The van der Waals surface area contributed by atoms with Gasteiger partial charge in [-0.2, -0.15) is 13.2 Å². The molecule has 1 N–H and O–H groups in total. The molecule has 0 fully saturated rings. The van der Waals surface area contributed by atoms with Crippen molar-refractivity contribution in [1.29, 1.82) is 0 Å².